The molecule has 0 saturated carbocycles. The second-order valence-corrected chi connectivity index (χ2v) is 3.91. The highest BCUT2D eigenvalue weighted by Crippen LogP contribution is 2.15. The summed E-state index contributed by atoms with van der Waals surface area (Å²) in [5.74, 6) is -0.215. The number of nitrogens with zero attached hydrogens (tertiary/aromatic N) is 2. The van der Waals surface area contributed by atoms with Crippen molar-refractivity contribution in [3.05, 3.63) is 17.8 Å². The molecule has 0 fully saturated rings. The van der Waals surface area contributed by atoms with Crippen LogP contribution in [0, 0.1) is 0 Å². The van der Waals surface area contributed by atoms with Crippen molar-refractivity contribution in [2.24, 2.45) is 0 Å². The number of anilines is 2. The highest BCUT2D eigenvalue weighted by molar-refractivity contribution is 5.95. The van der Waals surface area contributed by atoms with Crippen LogP contribution in [0.1, 0.15) is 17.3 Å². The van der Waals surface area contributed by atoms with Crippen molar-refractivity contribution >= 4 is 23.4 Å². The highest BCUT2D eigenvalue weighted by atomic mass is 16.5. The summed E-state index contributed by atoms with van der Waals surface area (Å²) in [6.07, 6.45) is 1.35. The number of hydrogen-bond donors (Lipinski definition) is 2. The topological polar surface area (TPSA) is 97.5 Å². The molecule has 0 aliphatic carbocycles. The molecular weight excluding hydrogens is 248 g/mol. The van der Waals surface area contributed by atoms with Gasteiger partial charge in [0.05, 0.1) is 31.1 Å². The summed E-state index contributed by atoms with van der Waals surface area (Å²) in [5.41, 5.74) is 6.08. The smallest absolute Gasteiger partial charge is 0.340 e. The molecule has 104 valence electrons. The Morgan fingerprint density at radius 3 is 2.79 bits per heavy atom. The van der Waals surface area contributed by atoms with Gasteiger partial charge in [-0.2, -0.15) is 0 Å². The summed E-state index contributed by atoms with van der Waals surface area (Å²) in [7, 11) is 2.98. The minimum Gasteiger partial charge on any atom is -0.465 e. The zero-order valence-corrected chi connectivity index (χ0v) is 11.3. The van der Waals surface area contributed by atoms with Crippen LogP contribution >= 0.6 is 0 Å². The number of esters is 1. The third-order valence-electron chi connectivity index (χ3n) is 2.66. The van der Waals surface area contributed by atoms with Crippen molar-refractivity contribution in [1.29, 1.82) is 0 Å². The van der Waals surface area contributed by atoms with E-state index in [1.54, 1.807) is 11.9 Å². The van der Waals surface area contributed by atoms with Gasteiger partial charge in [-0.05, 0) is 13.0 Å². The van der Waals surface area contributed by atoms with Crippen molar-refractivity contribution in [2.45, 2.75) is 6.92 Å². The predicted octanol–water partition coefficient (Wildman–Crippen LogP) is 0.341. The largest absolute Gasteiger partial charge is 0.465 e. The van der Waals surface area contributed by atoms with E-state index in [1.807, 2.05) is 6.92 Å². The van der Waals surface area contributed by atoms with Crippen molar-refractivity contribution in [3.8, 4) is 0 Å². The third kappa shape index (κ3) is 3.84. The van der Waals surface area contributed by atoms with Crippen LogP contribution in [0.3, 0.4) is 0 Å². The Bertz CT molecular complexity index is 476. The molecule has 0 aromatic carbocycles. The first kappa shape index (κ1) is 14.7. The maximum Gasteiger partial charge on any atom is 0.340 e. The van der Waals surface area contributed by atoms with Crippen LogP contribution in [-0.4, -0.2) is 49.0 Å². The number of likely N-dealkylation sites (N-methyl/N-ethyl adjacent to an activating group) is 1. The average molecular weight is 266 g/mol. The number of carbonyl (C=O) groups is 2. The van der Waals surface area contributed by atoms with Gasteiger partial charge in [-0.3, -0.25) is 4.79 Å². The lowest BCUT2D eigenvalue weighted by molar-refractivity contribution is -0.127. The van der Waals surface area contributed by atoms with E-state index >= 15 is 0 Å². The van der Waals surface area contributed by atoms with E-state index in [0.717, 1.165) is 0 Å². The molecule has 0 spiro atoms. The number of methoxy groups -OCH3 is 1. The molecule has 0 atom stereocenters. The Hall–Kier alpha value is -2.31. The molecule has 3 N–H and O–H groups in total. The lowest BCUT2D eigenvalue weighted by Gasteiger charge is -2.15. The molecule has 0 bridgehead atoms. The first-order chi connectivity index (χ1) is 8.99. The van der Waals surface area contributed by atoms with Crippen LogP contribution in [-0.2, 0) is 9.53 Å². The standard InChI is InChI=1S/C12H18N4O3/c1-4-16(2)11(17)7-15-10-5-8(12(18)19-3)9(13)6-14-10/h5-6H,4,7,13H2,1-3H3,(H,14,15). The third-order valence-corrected chi connectivity index (χ3v) is 2.66. The van der Waals surface area contributed by atoms with Gasteiger partial charge in [0, 0.05) is 13.6 Å². The Morgan fingerprint density at radius 2 is 2.21 bits per heavy atom. The number of nitrogens with one attached hydrogen (secondary N) is 1. The molecule has 1 heterocycles. The molecule has 1 aromatic heterocycles. The van der Waals surface area contributed by atoms with Gasteiger partial charge in [-0.1, -0.05) is 0 Å². The number of rotatable bonds is 5. The zero-order valence-electron chi connectivity index (χ0n) is 11.3. The van der Waals surface area contributed by atoms with Gasteiger partial charge < -0.3 is 20.7 Å². The molecule has 0 radical (unpaired) electrons. The normalized spacial score (nSPS) is 9.84. The SMILES string of the molecule is CCN(C)C(=O)CNc1cc(C(=O)OC)c(N)cn1. The first-order valence-electron chi connectivity index (χ1n) is 5.81. The molecule has 1 amide bonds. The zero-order chi connectivity index (χ0) is 14.4. The fourth-order valence-corrected chi connectivity index (χ4v) is 1.33. The van der Waals surface area contributed by atoms with Gasteiger partial charge in [0.1, 0.15) is 5.82 Å². The van der Waals surface area contributed by atoms with Crippen LogP contribution in [0.4, 0.5) is 11.5 Å². The van der Waals surface area contributed by atoms with E-state index < -0.39 is 5.97 Å². The minimum absolute atomic E-state index is 0.0688. The minimum atomic E-state index is -0.542. The monoisotopic (exact) mass is 266 g/mol. The molecule has 0 saturated heterocycles. The molecular formula is C12H18N4O3. The summed E-state index contributed by atoms with van der Waals surface area (Å²) >= 11 is 0. The number of hydrogen-bond acceptors (Lipinski definition) is 6. The van der Waals surface area contributed by atoms with Crippen LogP contribution in [0.15, 0.2) is 12.3 Å². The number of nitrogen functional groups attached to an aromatic ring is 1. The molecule has 7 nitrogen and oxygen atoms in total. The fourth-order valence-electron chi connectivity index (χ4n) is 1.33. The Morgan fingerprint density at radius 1 is 1.53 bits per heavy atom. The van der Waals surface area contributed by atoms with Gasteiger partial charge in [-0.25, -0.2) is 9.78 Å². The predicted molar refractivity (Wildman–Crippen MR) is 71.8 cm³/mol. The maximum atomic E-state index is 11.6. The summed E-state index contributed by atoms with van der Waals surface area (Å²) < 4.78 is 4.60. The van der Waals surface area contributed by atoms with E-state index in [4.69, 9.17) is 5.73 Å². The Labute approximate surface area is 111 Å². The molecule has 0 unspecified atom stereocenters. The Kier molecular flexibility index (Phi) is 5.11. The number of ether oxygens (including phenoxy) is 1. The van der Waals surface area contributed by atoms with Crippen molar-refractivity contribution in [2.75, 3.05) is 38.3 Å². The van der Waals surface area contributed by atoms with Crippen LogP contribution in [0.5, 0.6) is 0 Å². The summed E-state index contributed by atoms with van der Waals surface area (Å²) in [4.78, 5) is 28.6. The second kappa shape index (κ2) is 6.58. The fraction of sp³-hybridized carbons (Fsp3) is 0.417. The number of aromatic nitrogens is 1. The van der Waals surface area contributed by atoms with Crippen molar-refractivity contribution < 1.29 is 14.3 Å². The lowest BCUT2D eigenvalue weighted by Crippen LogP contribution is -2.32. The molecule has 1 aromatic rings. The Balaban J connectivity index is 2.75. The van der Waals surface area contributed by atoms with E-state index in [1.165, 1.54) is 19.4 Å². The molecule has 0 aliphatic rings. The van der Waals surface area contributed by atoms with Gasteiger partial charge >= 0.3 is 5.97 Å². The summed E-state index contributed by atoms with van der Waals surface area (Å²) in [6, 6.07) is 1.46. The van der Waals surface area contributed by atoms with E-state index in [2.05, 4.69) is 15.0 Å². The maximum absolute atomic E-state index is 11.6. The number of amides is 1. The first-order valence-corrected chi connectivity index (χ1v) is 5.81. The summed E-state index contributed by atoms with van der Waals surface area (Å²) in [5, 5.41) is 2.84. The van der Waals surface area contributed by atoms with E-state index in [-0.39, 0.29) is 23.7 Å². The van der Waals surface area contributed by atoms with Gasteiger partial charge in [0.25, 0.3) is 0 Å². The quantitative estimate of drug-likeness (QED) is 0.746. The van der Waals surface area contributed by atoms with Crippen molar-refractivity contribution in [1.82, 2.24) is 9.88 Å². The molecule has 1 rings (SSSR count). The van der Waals surface area contributed by atoms with Crippen LogP contribution in [0.25, 0.3) is 0 Å². The van der Waals surface area contributed by atoms with Gasteiger partial charge in [-0.15, -0.1) is 0 Å². The number of nitrogens with two attached hydrogens (primary N) is 1. The highest BCUT2D eigenvalue weighted by Gasteiger charge is 2.12. The number of pyridine rings is 1. The van der Waals surface area contributed by atoms with E-state index in [0.29, 0.717) is 12.4 Å². The number of carbonyl (C=O) groups excluding carboxylic acids is 2. The van der Waals surface area contributed by atoms with Crippen molar-refractivity contribution in [3.63, 3.8) is 0 Å². The molecule has 7 heteroatoms. The molecule has 19 heavy (non-hydrogen) atoms. The lowest BCUT2D eigenvalue weighted by atomic mass is 10.2. The van der Waals surface area contributed by atoms with Gasteiger partial charge in [0.15, 0.2) is 0 Å². The van der Waals surface area contributed by atoms with Crippen LogP contribution < -0.4 is 11.1 Å². The summed E-state index contributed by atoms with van der Waals surface area (Å²) in [6.45, 7) is 2.61. The second-order valence-electron chi connectivity index (χ2n) is 3.91. The van der Waals surface area contributed by atoms with Gasteiger partial charge in [0.2, 0.25) is 5.91 Å². The molecule has 0 aliphatic heterocycles. The van der Waals surface area contributed by atoms with E-state index in [9.17, 15) is 9.59 Å². The average Bonchev–Trinajstić information content (AvgIpc) is 2.44. The van der Waals surface area contributed by atoms with Crippen LogP contribution in [0.2, 0.25) is 0 Å².